The lowest BCUT2D eigenvalue weighted by Crippen LogP contribution is -2.85. The molecule has 0 spiro atoms. The van der Waals surface area contributed by atoms with Crippen molar-refractivity contribution in [1.82, 2.24) is 0 Å². The first kappa shape index (κ1) is 23.0. The van der Waals surface area contributed by atoms with E-state index in [1.54, 1.807) is 6.92 Å². The first-order chi connectivity index (χ1) is 10.0. The predicted octanol–water partition coefficient (Wildman–Crippen LogP) is 5.05. The quantitative estimate of drug-likeness (QED) is 0.252. The molecule has 0 rings (SSSR count). The Morgan fingerprint density at radius 1 is 0.913 bits per heavy atom. The maximum Gasteiger partial charge on any atom is 0.335 e. The summed E-state index contributed by atoms with van der Waals surface area (Å²) in [7, 11) is -4.62. The Morgan fingerprint density at radius 3 is 1.48 bits per heavy atom. The Kier molecular flexibility index (Phi) is 7.52. The van der Waals surface area contributed by atoms with Crippen molar-refractivity contribution in [2.75, 3.05) is 0 Å². The second-order valence-electron chi connectivity index (χ2n) is 9.57. The van der Waals surface area contributed by atoms with Crippen LogP contribution >= 0.6 is 0 Å². The number of rotatable bonds is 8. The summed E-state index contributed by atoms with van der Waals surface area (Å²) in [4.78, 5) is 12.0. The van der Waals surface area contributed by atoms with Gasteiger partial charge >= 0.3 is 5.97 Å². The summed E-state index contributed by atoms with van der Waals surface area (Å²) >= 11 is 0. The third-order valence-corrected chi connectivity index (χ3v) is 71.9. The molecule has 0 amide bonds. The SMILES string of the molecule is C=C(C)C(=O)OC(CC)O[Si]([Si](C)(C)C)([Si](C)(C)C)[Si](C)(C)C. The molecule has 0 radical (unpaired) electrons. The number of carbonyl (C=O) groups is 1. The van der Waals surface area contributed by atoms with E-state index < -0.39 is 35.9 Å². The van der Waals surface area contributed by atoms with Gasteiger partial charge in [-0.3, -0.25) is 0 Å². The van der Waals surface area contributed by atoms with E-state index in [-0.39, 0.29) is 5.97 Å². The largest absolute Gasteiger partial charge is 0.433 e. The third-order valence-electron chi connectivity index (χ3n) is 4.40. The Morgan fingerprint density at radius 2 is 1.26 bits per heavy atom. The van der Waals surface area contributed by atoms with E-state index in [1.165, 1.54) is 0 Å². The molecule has 0 saturated heterocycles. The lowest BCUT2D eigenvalue weighted by atomic mass is 10.3. The molecule has 0 aliphatic heterocycles. The van der Waals surface area contributed by atoms with E-state index in [9.17, 15) is 4.79 Å². The minimum Gasteiger partial charge on any atom is -0.433 e. The van der Waals surface area contributed by atoms with Crippen molar-refractivity contribution < 1.29 is 14.0 Å². The molecule has 0 saturated carbocycles. The average molecular weight is 391 g/mol. The zero-order chi connectivity index (χ0) is 18.9. The van der Waals surface area contributed by atoms with Crippen molar-refractivity contribution in [1.29, 1.82) is 0 Å². The molecule has 23 heavy (non-hydrogen) atoms. The maximum absolute atomic E-state index is 12.0. The highest BCUT2D eigenvalue weighted by Crippen LogP contribution is 2.39. The molecule has 0 bridgehead atoms. The molecule has 0 aromatic carbocycles. The van der Waals surface area contributed by atoms with Crippen LogP contribution in [0.5, 0.6) is 0 Å². The molecule has 0 aromatic heterocycles. The van der Waals surface area contributed by atoms with E-state index in [2.05, 4.69) is 65.5 Å². The van der Waals surface area contributed by atoms with Crippen LogP contribution in [0.15, 0.2) is 12.2 Å². The fourth-order valence-corrected chi connectivity index (χ4v) is 98.3. The summed E-state index contributed by atoms with van der Waals surface area (Å²) < 4.78 is 12.6. The first-order valence-electron chi connectivity index (χ1n) is 8.55. The molecule has 0 aromatic rings. The van der Waals surface area contributed by atoms with Crippen molar-refractivity contribution in [3.8, 4) is 0 Å². The molecule has 1 atom stereocenters. The van der Waals surface area contributed by atoms with Crippen LogP contribution in [0.1, 0.15) is 20.3 Å². The van der Waals surface area contributed by atoms with Crippen LogP contribution in [0.4, 0.5) is 0 Å². The second-order valence-corrected chi connectivity index (χ2v) is 49.0. The Hall–Kier alpha value is 0.0375. The third kappa shape index (κ3) is 5.01. The van der Waals surface area contributed by atoms with Gasteiger partial charge in [0, 0.05) is 12.0 Å². The number of carbonyl (C=O) groups excluding carboxylic acids is 1. The van der Waals surface area contributed by atoms with Gasteiger partial charge in [-0.1, -0.05) is 72.4 Å². The van der Waals surface area contributed by atoms with Crippen LogP contribution in [0, 0.1) is 0 Å². The van der Waals surface area contributed by atoms with Crippen molar-refractivity contribution in [3.05, 3.63) is 12.2 Å². The van der Waals surface area contributed by atoms with Crippen LogP contribution < -0.4 is 0 Å². The van der Waals surface area contributed by atoms with Crippen molar-refractivity contribution in [2.45, 2.75) is 85.5 Å². The monoisotopic (exact) mass is 390 g/mol. The average Bonchev–Trinajstić information content (AvgIpc) is 2.28. The Balaban J connectivity index is 5.98. The first-order valence-corrected chi connectivity index (χ1v) is 24.0. The number of hydrogen-bond acceptors (Lipinski definition) is 3. The predicted molar refractivity (Wildman–Crippen MR) is 112 cm³/mol. The van der Waals surface area contributed by atoms with Gasteiger partial charge in [0.25, 0.3) is 0 Å². The van der Waals surface area contributed by atoms with Crippen LogP contribution in [0.25, 0.3) is 0 Å². The Labute approximate surface area is 147 Å². The molecule has 0 heterocycles. The molecular weight excluding hydrogens is 353 g/mol. The van der Waals surface area contributed by atoms with E-state index in [4.69, 9.17) is 9.16 Å². The normalized spacial score (nSPS) is 15.3. The van der Waals surface area contributed by atoms with Crippen molar-refractivity contribution >= 4 is 35.6 Å². The molecule has 3 nitrogen and oxygen atoms in total. The molecule has 136 valence electrons. The van der Waals surface area contributed by atoms with Gasteiger partial charge in [0.2, 0.25) is 0 Å². The van der Waals surface area contributed by atoms with E-state index in [0.717, 1.165) is 0 Å². The van der Waals surface area contributed by atoms with Gasteiger partial charge in [-0.15, -0.1) is 0 Å². The molecule has 0 aliphatic rings. The van der Waals surface area contributed by atoms with Gasteiger partial charge in [0.1, 0.15) is 0 Å². The van der Waals surface area contributed by atoms with Gasteiger partial charge in [-0.05, 0) is 6.92 Å². The second kappa shape index (κ2) is 7.51. The number of esters is 1. The standard InChI is InChI=1S/C16H38O3Si4/c1-13-15(18-16(17)14(2)3)19-23(20(4,5)6,21(7,8)9)22(10,11)12/h15H,2,13H2,1,3-12H3. The fourth-order valence-electron chi connectivity index (χ4n) is 4.51. The number of ether oxygens (including phenoxy) is 1. The molecule has 0 aliphatic carbocycles. The van der Waals surface area contributed by atoms with Gasteiger partial charge in [-0.2, -0.15) is 0 Å². The molecule has 7 heteroatoms. The van der Waals surface area contributed by atoms with E-state index >= 15 is 0 Å². The summed E-state index contributed by atoms with van der Waals surface area (Å²) in [5.41, 5.74) is 0.438. The summed E-state index contributed by atoms with van der Waals surface area (Å²) in [6.45, 7) is 27.6. The minimum atomic E-state index is -1.98. The molecule has 0 fully saturated rings. The zero-order valence-electron chi connectivity index (χ0n) is 17.2. The number of hydrogen-bond donors (Lipinski definition) is 0. The van der Waals surface area contributed by atoms with E-state index in [1.807, 2.05) is 6.92 Å². The minimum absolute atomic E-state index is 0.332. The van der Waals surface area contributed by atoms with Gasteiger partial charge in [0.15, 0.2) is 13.2 Å². The maximum atomic E-state index is 12.0. The lowest BCUT2D eigenvalue weighted by molar-refractivity contribution is -0.159. The van der Waals surface area contributed by atoms with Crippen LogP contribution in [-0.4, -0.2) is 41.9 Å². The van der Waals surface area contributed by atoms with Crippen molar-refractivity contribution in [3.63, 3.8) is 0 Å². The summed E-state index contributed by atoms with van der Waals surface area (Å²) in [5, 5.41) is 0. The molecule has 0 N–H and O–H groups in total. The lowest BCUT2D eigenvalue weighted by Gasteiger charge is -2.56. The topological polar surface area (TPSA) is 35.5 Å². The molecular formula is C16H38O3Si4. The van der Waals surface area contributed by atoms with Crippen LogP contribution in [-0.2, 0) is 14.0 Å². The van der Waals surface area contributed by atoms with Gasteiger partial charge in [0.05, 0.1) is 22.8 Å². The van der Waals surface area contributed by atoms with Gasteiger partial charge in [-0.25, -0.2) is 4.79 Å². The van der Waals surface area contributed by atoms with Gasteiger partial charge < -0.3 is 9.16 Å². The van der Waals surface area contributed by atoms with Crippen LogP contribution in [0.2, 0.25) is 58.9 Å². The summed E-state index contributed by atoms with van der Waals surface area (Å²) in [6, 6.07) is 0. The highest BCUT2D eigenvalue weighted by atomic mass is 29.9. The summed E-state index contributed by atoms with van der Waals surface area (Å²) in [6.07, 6.45) is 0.281. The zero-order valence-corrected chi connectivity index (χ0v) is 21.2. The van der Waals surface area contributed by atoms with E-state index in [0.29, 0.717) is 12.0 Å². The smallest absolute Gasteiger partial charge is 0.335 e. The highest BCUT2D eigenvalue weighted by Gasteiger charge is 2.64. The summed E-state index contributed by atoms with van der Waals surface area (Å²) in [5.74, 6) is -0.332. The highest BCUT2D eigenvalue weighted by molar-refractivity contribution is 7.87. The van der Waals surface area contributed by atoms with Crippen LogP contribution in [0.3, 0.4) is 0 Å². The fraction of sp³-hybridized carbons (Fsp3) is 0.812. The van der Waals surface area contributed by atoms with Crippen molar-refractivity contribution in [2.24, 2.45) is 0 Å². The molecule has 1 unspecified atom stereocenters. The Bertz CT molecular complexity index is 406.